The molecule has 0 saturated carbocycles. The van der Waals surface area contributed by atoms with Gasteiger partial charge in [0.05, 0.1) is 26.8 Å². The molecule has 2 aliphatic rings. The van der Waals surface area contributed by atoms with E-state index >= 15 is 0 Å². The van der Waals surface area contributed by atoms with Gasteiger partial charge in [0, 0.05) is 18.8 Å². The lowest BCUT2D eigenvalue weighted by atomic mass is 9.98. The number of rotatable bonds is 6. The Bertz CT molecular complexity index is 947. The molecule has 0 spiro atoms. The third-order valence-electron chi connectivity index (χ3n) is 6.12. The van der Waals surface area contributed by atoms with Crippen LogP contribution in [0.1, 0.15) is 24.0 Å². The summed E-state index contributed by atoms with van der Waals surface area (Å²) in [4.78, 5) is 29.7. The van der Waals surface area contributed by atoms with E-state index in [1.807, 2.05) is 52.3 Å². The van der Waals surface area contributed by atoms with Crippen LogP contribution < -0.4 is 14.8 Å². The molecule has 1 atom stereocenters. The first-order valence-corrected chi connectivity index (χ1v) is 10.7. The molecule has 2 aromatic carbocycles. The van der Waals surface area contributed by atoms with Gasteiger partial charge in [0.1, 0.15) is 0 Å². The number of ether oxygens (including phenoxy) is 2. The zero-order valence-electron chi connectivity index (χ0n) is 18.1. The summed E-state index contributed by atoms with van der Waals surface area (Å²) in [7, 11) is 3.24. The molecule has 0 aromatic heterocycles. The van der Waals surface area contributed by atoms with Crippen molar-refractivity contribution in [3.8, 4) is 11.5 Å². The van der Waals surface area contributed by atoms with Gasteiger partial charge in [-0.25, -0.2) is 0 Å². The van der Waals surface area contributed by atoms with Gasteiger partial charge in [0.25, 0.3) is 0 Å². The predicted octanol–water partition coefficient (Wildman–Crippen LogP) is 2.69. The minimum atomic E-state index is -0.273. The molecule has 0 unspecified atom stereocenters. The number of nitrogens with zero attached hydrogens (tertiary/aromatic N) is 2. The van der Waals surface area contributed by atoms with Crippen molar-refractivity contribution in [1.82, 2.24) is 9.80 Å². The van der Waals surface area contributed by atoms with Crippen LogP contribution in [0.25, 0.3) is 0 Å². The van der Waals surface area contributed by atoms with Crippen molar-refractivity contribution in [1.29, 1.82) is 0 Å². The number of benzene rings is 2. The molecule has 7 heteroatoms. The third-order valence-corrected chi connectivity index (χ3v) is 6.12. The molecule has 1 saturated heterocycles. The summed E-state index contributed by atoms with van der Waals surface area (Å²) in [6.45, 7) is 2.23. The zero-order valence-corrected chi connectivity index (χ0v) is 18.1. The van der Waals surface area contributed by atoms with E-state index in [1.165, 1.54) is 5.56 Å². The maximum atomic E-state index is 13.1. The van der Waals surface area contributed by atoms with Gasteiger partial charge in [-0.15, -0.1) is 0 Å². The van der Waals surface area contributed by atoms with Gasteiger partial charge >= 0.3 is 0 Å². The molecule has 31 heavy (non-hydrogen) atoms. The maximum Gasteiger partial charge on any atom is 0.241 e. The minimum absolute atomic E-state index is 0.0441. The van der Waals surface area contributed by atoms with Crippen LogP contribution in [0, 0.1) is 0 Å². The lowest BCUT2D eigenvalue weighted by Crippen LogP contribution is -2.47. The fourth-order valence-electron chi connectivity index (χ4n) is 4.43. The Morgan fingerprint density at radius 3 is 2.45 bits per heavy atom. The Morgan fingerprint density at radius 1 is 1.03 bits per heavy atom. The van der Waals surface area contributed by atoms with Crippen molar-refractivity contribution >= 4 is 17.5 Å². The quantitative estimate of drug-likeness (QED) is 0.774. The maximum absolute atomic E-state index is 13.1. The van der Waals surface area contributed by atoms with E-state index in [1.54, 1.807) is 14.2 Å². The first-order chi connectivity index (χ1) is 15.1. The highest BCUT2D eigenvalue weighted by Crippen LogP contribution is 2.33. The number of methoxy groups -OCH3 is 2. The standard InChI is InChI=1S/C24H29N3O4/c1-30-21-13-17-10-12-27(15-18(17)14-22(21)31-2)23(28)16-26-11-6-9-20(26)24(29)25-19-7-4-3-5-8-19/h3-5,7-8,13-14,20H,6,9-12,15-16H2,1-2H3,(H,25,29)/t20-/m0/s1. The van der Waals surface area contributed by atoms with Gasteiger partial charge in [0.15, 0.2) is 11.5 Å². The van der Waals surface area contributed by atoms with E-state index < -0.39 is 0 Å². The highest BCUT2D eigenvalue weighted by Gasteiger charge is 2.33. The van der Waals surface area contributed by atoms with Crippen molar-refractivity contribution in [3.05, 3.63) is 53.6 Å². The van der Waals surface area contributed by atoms with Gasteiger partial charge in [-0.05, 0) is 61.2 Å². The molecule has 2 aliphatic heterocycles. The summed E-state index contributed by atoms with van der Waals surface area (Å²) in [5.74, 6) is 1.40. The fraction of sp³-hybridized carbons (Fsp3) is 0.417. The van der Waals surface area contributed by atoms with E-state index in [9.17, 15) is 9.59 Å². The Labute approximate surface area is 182 Å². The number of hydrogen-bond acceptors (Lipinski definition) is 5. The normalized spacial score (nSPS) is 18.4. The van der Waals surface area contributed by atoms with Crippen LogP contribution in [0.3, 0.4) is 0 Å². The zero-order chi connectivity index (χ0) is 21.8. The summed E-state index contributed by atoms with van der Waals surface area (Å²) in [6, 6.07) is 13.1. The molecule has 0 bridgehead atoms. The van der Waals surface area contributed by atoms with Crippen LogP contribution in [0.15, 0.2) is 42.5 Å². The average Bonchev–Trinajstić information content (AvgIpc) is 3.26. The highest BCUT2D eigenvalue weighted by molar-refractivity contribution is 5.95. The first kappa shape index (κ1) is 21.2. The molecule has 2 amide bonds. The van der Waals surface area contributed by atoms with Crippen LogP contribution in [0.4, 0.5) is 5.69 Å². The molecule has 7 nitrogen and oxygen atoms in total. The van der Waals surface area contributed by atoms with Crippen LogP contribution >= 0.6 is 0 Å². The Morgan fingerprint density at radius 2 is 1.74 bits per heavy atom. The average molecular weight is 424 g/mol. The number of carbonyl (C=O) groups is 2. The summed E-state index contributed by atoms with van der Waals surface area (Å²) in [6.07, 6.45) is 2.46. The second-order valence-electron chi connectivity index (χ2n) is 8.02. The molecule has 2 heterocycles. The summed E-state index contributed by atoms with van der Waals surface area (Å²) in [5, 5.41) is 2.97. The van der Waals surface area contributed by atoms with E-state index in [0.29, 0.717) is 24.6 Å². The van der Waals surface area contributed by atoms with Gasteiger partial charge < -0.3 is 19.7 Å². The molecule has 4 rings (SSSR count). The first-order valence-electron chi connectivity index (χ1n) is 10.7. The third kappa shape index (κ3) is 4.66. The van der Waals surface area contributed by atoms with E-state index in [0.717, 1.165) is 37.1 Å². The largest absolute Gasteiger partial charge is 0.493 e. The van der Waals surface area contributed by atoms with Crippen molar-refractivity contribution in [2.45, 2.75) is 31.8 Å². The van der Waals surface area contributed by atoms with Crippen molar-refractivity contribution in [3.63, 3.8) is 0 Å². The van der Waals surface area contributed by atoms with Crippen molar-refractivity contribution in [2.75, 3.05) is 39.2 Å². The Kier molecular flexibility index (Phi) is 6.42. The van der Waals surface area contributed by atoms with Crippen LogP contribution in [-0.2, 0) is 22.6 Å². The number of carbonyl (C=O) groups excluding carboxylic acids is 2. The second kappa shape index (κ2) is 9.39. The molecular formula is C24H29N3O4. The van der Waals surface area contributed by atoms with Crippen molar-refractivity contribution in [2.24, 2.45) is 0 Å². The lowest BCUT2D eigenvalue weighted by molar-refractivity contribution is -0.134. The predicted molar refractivity (Wildman–Crippen MR) is 118 cm³/mol. The van der Waals surface area contributed by atoms with E-state index in [-0.39, 0.29) is 24.4 Å². The monoisotopic (exact) mass is 423 g/mol. The Balaban J connectivity index is 1.39. The van der Waals surface area contributed by atoms with Gasteiger partial charge in [-0.2, -0.15) is 0 Å². The molecular weight excluding hydrogens is 394 g/mol. The number of anilines is 1. The Hall–Kier alpha value is -3.06. The molecule has 1 N–H and O–H groups in total. The topological polar surface area (TPSA) is 71.1 Å². The summed E-state index contributed by atoms with van der Waals surface area (Å²) < 4.78 is 10.8. The van der Waals surface area contributed by atoms with E-state index in [4.69, 9.17) is 9.47 Å². The minimum Gasteiger partial charge on any atom is -0.493 e. The summed E-state index contributed by atoms with van der Waals surface area (Å²) in [5.41, 5.74) is 3.04. The highest BCUT2D eigenvalue weighted by atomic mass is 16.5. The molecule has 1 fully saturated rings. The van der Waals surface area contributed by atoms with Gasteiger partial charge in [-0.1, -0.05) is 18.2 Å². The molecule has 0 radical (unpaired) electrons. The van der Waals surface area contributed by atoms with Gasteiger partial charge in [-0.3, -0.25) is 14.5 Å². The molecule has 164 valence electrons. The number of fused-ring (bicyclic) bond motifs is 1. The smallest absolute Gasteiger partial charge is 0.241 e. The second-order valence-corrected chi connectivity index (χ2v) is 8.02. The van der Waals surface area contributed by atoms with Crippen LogP contribution in [0.5, 0.6) is 11.5 Å². The van der Waals surface area contributed by atoms with Crippen LogP contribution in [0.2, 0.25) is 0 Å². The van der Waals surface area contributed by atoms with Crippen LogP contribution in [-0.4, -0.2) is 61.5 Å². The number of likely N-dealkylation sites (tertiary alicyclic amines) is 1. The number of nitrogens with one attached hydrogen (secondary N) is 1. The molecule has 0 aliphatic carbocycles. The molecule has 2 aromatic rings. The van der Waals surface area contributed by atoms with Gasteiger partial charge in [0.2, 0.25) is 11.8 Å². The SMILES string of the molecule is COc1cc2c(cc1OC)CN(C(=O)CN1CCC[C@H]1C(=O)Nc1ccccc1)CC2. The summed E-state index contributed by atoms with van der Waals surface area (Å²) >= 11 is 0. The number of para-hydroxylation sites is 1. The van der Waals surface area contributed by atoms with Crippen molar-refractivity contribution < 1.29 is 19.1 Å². The van der Waals surface area contributed by atoms with E-state index in [2.05, 4.69) is 5.32 Å². The number of amides is 2. The number of hydrogen-bond donors (Lipinski definition) is 1. The fourth-order valence-corrected chi connectivity index (χ4v) is 4.43. The lowest BCUT2D eigenvalue weighted by Gasteiger charge is -2.32.